The first-order valence-electron chi connectivity index (χ1n) is 8.51. The fraction of sp³-hybridized carbons (Fsp3) is 0.0500. The van der Waals surface area contributed by atoms with Crippen molar-refractivity contribution in [3.63, 3.8) is 0 Å². The maximum atomic E-state index is 12.6. The molecule has 0 fully saturated rings. The van der Waals surface area contributed by atoms with Crippen LogP contribution in [-0.2, 0) is 10.0 Å². The second-order valence-electron chi connectivity index (χ2n) is 6.16. The molecule has 0 spiro atoms. The van der Waals surface area contributed by atoms with Gasteiger partial charge in [-0.3, -0.25) is 19.6 Å². The number of benzene rings is 3. The van der Waals surface area contributed by atoms with Gasteiger partial charge >= 0.3 is 0 Å². The lowest BCUT2D eigenvalue weighted by Gasteiger charge is -2.11. The van der Waals surface area contributed by atoms with E-state index in [1.807, 2.05) is 0 Å². The fourth-order valence-corrected chi connectivity index (χ4v) is 3.76. The lowest BCUT2D eigenvalue weighted by molar-refractivity contribution is -0.385. The first-order valence-corrected chi connectivity index (χ1v) is 9.99. The Morgan fingerprint density at radius 3 is 2.34 bits per heavy atom. The maximum absolute atomic E-state index is 12.6. The van der Waals surface area contributed by atoms with Gasteiger partial charge in [0.1, 0.15) is 0 Å². The predicted octanol–water partition coefficient (Wildman–Crippen LogP) is 3.96. The second kappa shape index (κ2) is 8.11. The van der Waals surface area contributed by atoms with Crippen molar-refractivity contribution in [3.05, 3.63) is 94.0 Å². The minimum atomic E-state index is -3.79. The van der Waals surface area contributed by atoms with Crippen LogP contribution in [0.1, 0.15) is 15.9 Å². The summed E-state index contributed by atoms with van der Waals surface area (Å²) in [6.07, 6.45) is 0. The molecule has 0 aliphatic rings. The number of nitro benzene ring substituents is 1. The largest absolute Gasteiger partial charge is 0.321 e. The normalized spacial score (nSPS) is 10.9. The lowest BCUT2D eigenvalue weighted by Crippen LogP contribution is -2.15. The van der Waals surface area contributed by atoms with Gasteiger partial charge < -0.3 is 5.32 Å². The smallest absolute Gasteiger partial charge is 0.274 e. The highest BCUT2D eigenvalue weighted by Gasteiger charge is 2.17. The standard InChI is InChI=1S/C20H17N3O5S/c1-14-18(11-6-12-19(14)23(25)26)21-20(24)15-7-5-8-16(13-15)22-29(27,28)17-9-3-2-4-10-17/h2-13,22H,1H3,(H,21,24). The SMILES string of the molecule is Cc1c(NC(=O)c2cccc(NS(=O)(=O)c3ccccc3)c2)cccc1[N+](=O)[O-]. The summed E-state index contributed by atoms with van der Waals surface area (Å²) in [6.45, 7) is 1.54. The molecule has 9 heteroatoms. The van der Waals surface area contributed by atoms with Crippen LogP contribution in [0.15, 0.2) is 77.7 Å². The number of sulfonamides is 1. The summed E-state index contributed by atoms with van der Waals surface area (Å²) in [6, 6.07) is 18.2. The molecule has 0 heterocycles. The molecule has 148 valence electrons. The summed E-state index contributed by atoms with van der Waals surface area (Å²) in [5.74, 6) is -0.519. The van der Waals surface area contributed by atoms with E-state index in [4.69, 9.17) is 0 Å². The number of amides is 1. The van der Waals surface area contributed by atoms with Gasteiger partial charge in [-0.2, -0.15) is 0 Å². The van der Waals surface area contributed by atoms with E-state index in [1.165, 1.54) is 55.5 Å². The minimum absolute atomic E-state index is 0.0991. The van der Waals surface area contributed by atoms with Gasteiger partial charge in [0.15, 0.2) is 0 Å². The molecule has 2 N–H and O–H groups in total. The molecule has 0 aromatic heterocycles. The predicted molar refractivity (Wildman–Crippen MR) is 109 cm³/mol. The molecule has 1 amide bonds. The van der Waals surface area contributed by atoms with Gasteiger partial charge in [0.2, 0.25) is 0 Å². The number of rotatable bonds is 6. The van der Waals surface area contributed by atoms with Gasteiger partial charge in [0.25, 0.3) is 21.6 Å². The molecule has 8 nitrogen and oxygen atoms in total. The maximum Gasteiger partial charge on any atom is 0.274 e. The van der Waals surface area contributed by atoms with Crippen LogP contribution < -0.4 is 10.0 Å². The Labute approximate surface area is 167 Å². The van der Waals surface area contributed by atoms with Crippen molar-refractivity contribution >= 4 is 33.0 Å². The van der Waals surface area contributed by atoms with Gasteiger partial charge in [0.05, 0.1) is 21.1 Å². The van der Waals surface area contributed by atoms with Gasteiger partial charge in [-0.25, -0.2) is 8.42 Å². The van der Waals surface area contributed by atoms with Crippen LogP contribution in [0.2, 0.25) is 0 Å². The van der Waals surface area contributed by atoms with Crippen molar-refractivity contribution in [1.82, 2.24) is 0 Å². The number of hydrogen-bond donors (Lipinski definition) is 2. The topological polar surface area (TPSA) is 118 Å². The van der Waals surface area contributed by atoms with Crippen LogP contribution in [0.4, 0.5) is 17.1 Å². The molecule has 0 aliphatic heterocycles. The van der Waals surface area contributed by atoms with Crippen molar-refractivity contribution in [3.8, 4) is 0 Å². The molecule has 0 atom stereocenters. The average molecular weight is 411 g/mol. The van der Waals surface area contributed by atoms with Crippen molar-refractivity contribution in [1.29, 1.82) is 0 Å². The highest BCUT2D eigenvalue weighted by atomic mass is 32.2. The molecule has 3 aromatic rings. The number of carbonyl (C=O) groups excluding carboxylic acids is 1. The molecule has 0 saturated heterocycles. The Bertz CT molecular complexity index is 1180. The van der Waals surface area contributed by atoms with Gasteiger partial charge in [-0.1, -0.05) is 30.3 Å². The molecule has 3 rings (SSSR count). The Morgan fingerprint density at radius 1 is 0.966 bits per heavy atom. The highest BCUT2D eigenvalue weighted by molar-refractivity contribution is 7.92. The third-order valence-electron chi connectivity index (χ3n) is 4.18. The van der Waals surface area contributed by atoms with Crippen LogP contribution in [0.5, 0.6) is 0 Å². The van der Waals surface area contributed by atoms with E-state index in [-0.39, 0.29) is 21.8 Å². The monoisotopic (exact) mass is 411 g/mol. The molecule has 0 aliphatic carbocycles. The third-order valence-corrected chi connectivity index (χ3v) is 5.58. The van der Waals surface area contributed by atoms with Crippen LogP contribution in [0.3, 0.4) is 0 Å². The molecular formula is C20H17N3O5S. The number of nitrogens with one attached hydrogen (secondary N) is 2. The fourth-order valence-electron chi connectivity index (χ4n) is 2.69. The second-order valence-corrected chi connectivity index (χ2v) is 7.84. The van der Waals surface area contributed by atoms with Crippen molar-refractivity contribution in [2.24, 2.45) is 0 Å². The minimum Gasteiger partial charge on any atom is -0.321 e. The molecule has 0 radical (unpaired) electrons. The van der Waals surface area contributed by atoms with Gasteiger partial charge in [-0.15, -0.1) is 0 Å². The summed E-state index contributed by atoms with van der Waals surface area (Å²) >= 11 is 0. The number of anilines is 2. The summed E-state index contributed by atoms with van der Waals surface area (Å²) < 4.78 is 27.3. The number of nitrogens with zero attached hydrogens (tertiary/aromatic N) is 1. The van der Waals surface area contributed by atoms with E-state index in [1.54, 1.807) is 24.3 Å². The zero-order chi connectivity index (χ0) is 21.0. The Morgan fingerprint density at radius 2 is 1.66 bits per heavy atom. The van der Waals surface area contributed by atoms with Gasteiger partial charge in [0, 0.05) is 17.3 Å². The van der Waals surface area contributed by atoms with Crippen LogP contribution in [0.25, 0.3) is 0 Å². The summed E-state index contributed by atoms with van der Waals surface area (Å²) in [5.41, 5.74) is 0.944. The number of nitro groups is 1. The Kier molecular flexibility index (Phi) is 5.60. The molecule has 0 saturated carbocycles. The first kappa shape index (κ1) is 20.0. The van der Waals surface area contributed by atoms with Crippen molar-refractivity contribution in [2.75, 3.05) is 10.0 Å². The van der Waals surface area contributed by atoms with E-state index < -0.39 is 20.9 Å². The third kappa shape index (κ3) is 4.58. The van der Waals surface area contributed by atoms with Crippen LogP contribution in [-0.4, -0.2) is 19.2 Å². The molecular weight excluding hydrogens is 394 g/mol. The Hall–Kier alpha value is -3.72. The average Bonchev–Trinajstić information content (AvgIpc) is 2.70. The van der Waals surface area contributed by atoms with Crippen molar-refractivity contribution in [2.45, 2.75) is 11.8 Å². The zero-order valence-electron chi connectivity index (χ0n) is 15.3. The first-order chi connectivity index (χ1) is 13.8. The lowest BCUT2D eigenvalue weighted by atomic mass is 10.1. The molecule has 0 unspecified atom stereocenters. The zero-order valence-corrected chi connectivity index (χ0v) is 16.1. The van der Waals surface area contributed by atoms with E-state index in [9.17, 15) is 23.3 Å². The van der Waals surface area contributed by atoms with E-state index in [0.717, 1.165) is 0 Å². The van der Waals surface area contributed by atoms with Crippen LogP contribution in [0, 0.1) is 17.0 Å². The quantitative estimate of drug-likeness (QED) is 0.470. The molecule has 29 heavy (non-hydrogen) atoms. The number of hydrogen-bond acceptors (Lipinski definition) is 5. The van der Waals surface area contributed by atoms with Crippen molar-refractivity contribution < 1.29 is 18.1 Å². The van der Waals surface area contributed by atoms with Gasteiger partial charge in [-0.05, 0) is 43.3 Å². The van der Waals surface area contributed by atoms with E-state index >= 15 is 0 Å². The number of carbonyl (C=O) groups is 1. The van der Waals surface area contributed by atoms with E-state index in [2.05, 4.69) is 10.0 Å². The highest BCUT2D eigenvalue weighted by Crippen LogP contribution is 2.26. The van der Waals surface area contributed by atoms with Crippen LogP contribution >= 0.6 is 0 Å². The summed E-state index contributed by atoms with van der Waals surface area (Å²) in [7, 11) is -3.79. The summed E-state index contributed by atoms with van der Waals surface area (Å²) in [5, 5.41) is 13.7. The molecule has 3 aromatic carbocycles. The van der Waals surface area contributed by atoms with E-state index in [0.29, 0.717) is 11.3 Å². The summed E-state index contributed by atoms with van der Waals surface area (Å²) in [4.78, 5) is 23.2. The Balaban J connectivity index is 1.82. The molecule has 0 bridgehead atoms.